The first-order chi connectivity index (χ1) is 15.1. The van der Waals surface area contributed by atoms with Crippen LogP contribution < -0.4 is 0 Å². The van der Waals surface area contributed by atoms with Crippen LogP contribution in [0, 0.1) is 28.6 Å². The van der Waals surface area contributed by atoms with Crippen molar-refractivity contribution >= 4 is 18.2 Å². The van der Waals surface area contributed by atoms with Crippen molar-refractivity contribution in [2.75, 3.05) is 6.61 Å². The normalized spacial score (nSPS) is 49.9. The molecule has 5 rings (SSSR count). The van der Waals surface area contributed by atoms with Crippen LogP contribution in [0.5, 0.6) is 0 Å². The van der Waals surface area contributed by atoms with Crippen LogP contribution in [0.15, 0.2) is 11.6 Å². The lowest BCUT2D eigenvalue weighted by molar-refractivity contribution is -0.249. The summed E-state index contributed by atoms with van der Waals surface area (Å²) >= 11 is 0. The molecule has 7 heteroatoms. The summed E-state index contributed by atoms with van der Waals surface area (Å²) < 4.78 is 10.6. The van der Waals surface area contributed by atoms with Crippen molar-refractivity contribution in [3.05, 3.63) is 11.6 Å². The van der Waals surface area contributed by atoms with E-state index in [-0.39, 0.29) is 47.6 Å². The monoisotopic (exact) mass is 446 g/mol. The van der Waals surface area contributed by atoms with E-state index >= 15 is 0 Å². The number of fused-ring (bicyclic) bond motifs is 5. The number of ether oxygens (including phenoxy) is 2. The van der Waals surface area contributed by atoms with Crippen LogP contribution in [0.4, 0.5) is 0 Å². The smallest absolute Gasteiger partial charge is 0.331 e. The Labute approximate surface area is 188 Å². The van der Waals surface area contributed by atoms with Gasteiger partial charge in [0, 0.05) is 24.8 Å². The molecule has 4 aliphatic carbocycles. The van der Waals surface area contributed by atoms with Crippen LogP contribution in [0.1, 0.15) is 71.6 Å². The van der Waals surface area contributed by atoms with Gasteiger partial charge in [-0.3, -0.25) is 4.79 Å². The van der Waals surface area contributed by atoms with Crippen molar-refractivity contribution < 1.29 is 34.1 Å². The van der Waals surface area contributed by atoms with Gasteiger partial charge in [-0.15, -0.1) is 0 Å². The van der Waals surface area contributed by atoms with Gasteiger partial charge in [0.2, 0.25) is 0 Å². The highest BCUT2D eigenvalue weighted by atomic mass is 16.5. The fourth-order valence-corrected chi connectivity index (χ4v) is 8.65. The predicted molar refractivity (Wildman–Crippen MR) is 113 cm³/mol. The Morgan fingerprint density at radius 3 is 2.53 bits per heavy atom. The molecule has 4 saturated carbocycles. The van der Waals surface area contributed by atoms with Crippen LogP contribution in [0.3, 0.4) is 0 Å². The lowest BCUT2D eigenvalue weighted by Gasteiger charge is -2.65. The molecule has 0 aromatic rings. The molecule has 0 spiro atoms. The molecule has 5 aliphatic rings. The van der Waals surface area contributed by atoms with Gasteiger partial charge >= 0.3 is 11.9 Å². The minimum atomic E-state index is -1.22. The van der Waals surface area contributed by atoms with Gasteiger partial charge in [0.25, 0.3) is 0 Å². The fourth-order valence-electron chi connectivity index (χ4n) is 8.65. The third kappa shape index (κ3) is 2.76. The highest BCUT2D eigenvalue weighted by Crippen LogP contribution is 2.70. The van der Waals surface area contributed by atoms with Crippen LogP contribution in [-0.4, -0.2) is 52.4 Å². The molecule has 176 valence electrons. The average molecular weight is 447 g/mol. The minimum absolute atomic E-state index is 0.0828. The molecule has 0 aromatic heterocycles. The third-order valence-electron chi connectivity index (χ3n) is 10.2. The molecule has 8 atom stereocenters. The summed E-state index contributed by atoms with van der Waals surface area (Å²) in [4.78, 5) is 35.8. The van der Waals surface area contributed by atoms with E-state index in [1.54, 1.807) is 6.08 Å². The molecule has 0 amide bonds. The van der Waals surface area contributed by atoms with Crippen LogP contribution in [0.2, 0.25) is 0 Å². The van der Waals surface area contributed by atoms with Crippen LogP contribution in [0.25, 0.3) is 0 Å². The van der Waals surface area contributed by atoms with Crippen molar-refractivity contribution in [2.24, 2.45) is 28.6 Å². The Morgan fingerprint density at radius 1 is 1.12 bits per heavy atom. The lowest BCUT2D eigenvalue weighted by Crippen LogP contribution is -2.69. The molecule has 0 radical (unpaired) electrons. The quantitative estimate of drug-likeness (QED) is 0.506. The number of hydrogen-bond acceptors (Lipinski definition) is 7. The van der Waals surface area contributed by atoms with E-state index in [0.717, 1.165) is 31.1 Å². The van der Waals surface area contributed by atoms with E-state index in [4.69, 9.17) is 9.47 Å². The average Bonchev–Trinajstić information content (AvgIpc) is 3.27. The Hall–Kier alpha value is -1.73. The summed E-state index contributed by atoms with van der Waals surface area (Å²) in [5.74, 6) is -0.772. The Kier molecular flexibility index (Phi) is 4.92. The Balaban J connectivity index is 1.46. The Morgan fingerprint density at radius 2 is 1.88 bits per heavy atom. The number of esters is 2. The number of cyclic esters (lactones) is 1. The highest BCUT2D eigenvalue weighted by Gasteiger charge is 2.71. The molecule has 0 aromatic carbocycles. The largest absolute Gasteiger partial charge is 0.462 e. The number of rotatable bonds is 3. The van der Waals surface area contributed by atoms with E-state index < -0.39 is 16.6 Å². The number of hydrogen-bond donors (Lipinski definition) is 2. The summed E-state index contributed by atoms with van der Waals surface area (Å²) in [6.07, 6.45) is 7.44. The zero-order valence-electron chi connectivity index (χ0n) is 19.0. The molecular formula is C25H34O7. The van der Waals surface area contributed by atoms with Crippen LogP contribution in [-0.2, 0) is 23.9 Å². The number of carbonyl (C=O) groups excluding carboxylic acids is 3. The summed E-state index contributed by atoms with van der Waals surface area (Å²) in [5.41, 5.74) is -2.50. The molecule has 0 bridgehead atoms. The number of carbonyl (C=O) groups is 3. The molecular weight excluding hydrogens is 412 g/mol. The fraction of sp³-hybridized carbons (Fsp3) is 0.800. The third-order valence-corrected chi connectivity index (χ3v) is 10.2. The molecule has 2 N–H and O–H groups in total. The highest BCUT2D eigenvalue weighted by molar-refractivity contribution is 5.85. The second-order valence-electron chi connectivity index (χ2n) is 11.2. The van der Waals surface area contributed by atoms with E-state index in [0.29, 0.717) is 38.7 Å². The van der Waals surface area contributed by atoms with Gasteiger partial charge in [0.15, 0.2) is 0 Å². The molecule has 1 unspecified atom stereocenters. The SMILES string of the molecule is CC(=O)O[C@H]1CC[C@]2(C=O)C3CC[C@]4(C)[C@@H](C5=CC(=O)OC5)CC[C@]4(O)[C@@H]3CC[C@]2(O)C1. The van der Waals surface area contributed by atoms with E-state index in [2.05, 4.69) is 6.92 Å². The first kappa shape index (κ1) is 22.1. The summed E-state index contributed by atoms with van der Waals surface area (Å²) in [5, 5.41) is 23.9. The zero-order valence-corrected chi connectivity index (χ0v) is 19.0. The molecule has 32 heavy (non-hydrogen) atoms. The van der Waals surface area contributed by atoms with Crippen molar-refractivity contribution in [2.45, 2.75) is 88.9 Å². The van der Waals surface area contributed by atoms with Crippen LogP contribution >= 0.6 is 0 Å². The second-order valence-corrected chi connectivity index (χ2v) is 11.2. The van der Waals surface area contributed by atoms with Crippen molar-refractivity contribution in [3.8, 4) is 0 Å². The maximum atomic E-state index is 12.7. The van der Waals surface area contributed by atoms with Gasteiger partial charge in [-0.1, -0.05) is 6.92 Å². The predicted octanol–water partition coefficient (Wildman–Crippen LogP) is 2.47. The van der Waals surface area contributed by atoms with Gasteiger partial charge in [-0.05, 0) is 74.7 Å². The first-order valence-corrected chi connectivity index (χ1v) is 12.0. The number of aliphatic hydroxyl groups is 2. The second kappa shape index (κ2) is 7.13. The first-order valence-electron chi connectivity index (χ1n) is 12.0. The zero-order chi connectivity index (χ0) is 22.9. The standard InChI is InChI=1S/C25H34O7/c1-15(27)32-17-3-8-23(14-26)19-4-7-22(2)18(16-11-21(28)31-13-16)6-10-25(22,30)20(19)5-9-24(23,29)12-17/h11,14,17-20,29-30H,3-10,12-13H2,1-2H3/t17-,18+,19?,20+,22+,23-,24-,25-/m0/s1. The molecule has 7 nitrogen and oxygen atoms in total. The summed E-state index contributed by atoms with van der Waals surface area (Å²) in [6, 6.07) is 0. The van der Waals surface area contributed by atoms with Gasteiger partial charge in [-0.25, -0.2) is 4.79 Å². The summed E-state index contributed by atoms with van der Waals surface area (Å²) in [6.45, 7) is 3.81. The minimum Gasteiger partial charge on any atom is -0.462 e. The van der Waals surface area contributed by atoms with Crippen molar-refractivity contribution in [1.82, 2.24) is 0 Å². The molecule has 1 heterocycles. The van der Waals surface area contributed by atoms with Gasteiger partial charge < -0.3 is 24.5 Å². The van der Waals surface area contributed by atoms with E-state index in [1.807, 2.05) is 0 Å². The van der Waals surface area contributed by atoms with Crippen molar-refractivity contribution in [1.29, 1.82) is 0 Å². The topological polar surface area (TPSA) is 110 Å². The van der Waals surface area contributed by atoms with Crippen molar-refractivity contribution in [3.63, 3.8) is 0 Å². The maximum absolute atomic E-state index is 12.7. The van der Waals surface area contributed by atoms with Gasteiger partial charge in [0.05, 0.1) is 16.6 Å². The van der Waals surface area contributed by atoms with E-state index in [1.165, 1.54) is 6.92 Å². The molecule has 0 saturated heterocycles. The van der Waals surface area contributed by atoms with Gasteiger partial charge in [0.1, 0.15) is 19.0 Å². The van der Waals surface area contributed by atoms with Gasteiger partial charge in [-0.2, -0.15) is 0 Å². The summed E-state index contributed by atoms with van der Waals surface area (Å²) in [7, 11) is 0. The lowest BCUT2D eigenvalue weighted by atomic mass is 9.41. The molecule has 1 aliphatic heterocycles. The number of aldehydes is 1. The maximum Gasteiger partial charge on any atom is 0.331 e. The molecule has 4 fully saturated rings. The van der Waals surface area contributed by atoms with E-state index in [9.17, 15) is 24.6 Å². The Bertz CT molecular complexity index is 882.